The molecule has 0 saturated carbocycles. The Balaban J connectivity index is 1.74. The Kier molecular flexibility index (Phi) is 4.00. The normalized spacial score (nSPS) is 16.0. The zero-order valence-corrected chi connectivity index (χ0v) is 13.2. The molecular formula is C17H19N3O3. The van der Waals surface area contributed by atoms with Crippen LogP contribution in [0.1, 0.15) is 13.8 Å². The third-order valence-corrected chi connectivity index (χ3v) is 4.35. The quantitative estimate of drug-likeness (QED) is 0.935. The zero-order valence-electron chi connectivity index (χ0n) is 13.2. The lowest BCUT2D eigenvalue weighted by atomic mass is 9.74. The molecule has 0 unspecified atom stereocenters. The summed E-state index contributed by atoms with van der Waals surface area (Å²) in [7, 11) is 0. The fraction of sp³-hybridized carbons (Fsp3) is 0.353. The van der Waals surface area contributed by atoms with E-state index in [9.17, 15) is 9.59 Å². The SMILES string of the molecule is CC(C)C1(C(=O)Nc2ccc(-n3ccc(=O)cc3)nc2)COC1. The predicted molar refractivity (Wildman–Crippen MR) is 86.6 cm³/mol. The highest BCUT2D eigenvalue weighted by molar-refractivity contribution is 5.96. The molecule has 3 heterocycles. The highest BCUT2D eigenvalue weighted by Gasteiger charge is 2.48. The van der Waals surface area contributed by atoms with Crippen molar-refractivity contribution < 1.29 is 9.53 Å². The first-order valence-corrected chi connectivity index (χ1v) is 7.55. The van der Waals surface area contributed by atoms with Gasteiger partial charge in [0.1, 0.15) is 5.82 Å². The van der Waals surface area contributed by atoms with Crippen LogP contribution in [0.5, 0.6) is 0 Å². The average molecular weight is 313 g/mol. The van der Waals surface area contributed by atoms with E-state index in [4.69, 9.17) is 4.74 Å². The van der Waals surface area contributed by atoms with Crippen LogP contribution in [0.3, 0.4) is 0 Å². The Morgan fingerprint density at radius 2 is 1.96 bits per heavy atom. The summed E-state index contributed by atoms with van der Waals surface area (Å²) in [5.41, 5.74) is 0.149. The highest BCUT2D eigenvalue weighted by atomic mass is 16.5. The second kappa shape index (κ2) is 5.96. The molecule has 1 aliphatic rings. The van der Waals surface area contributed by atoms with Crippen LogP contribution < -0.4 is 10.7 Å². The second-order valence-corrected chi connectivity index (χ2v) is 6.10. The third kappa shape index (κ3) is 2.90. The van der Waals surface area contributed by atoms with Crippen LogP contribution in [0, 0.1) is 11.3 Å². The number of carbonyl (C=O) groups is 1. The van der Waals surface area contributed by atoms with Crippen molar-refractivity contribution in [3.05, 3.63) is 53.1 Å². The summed E-state index contributed by atoms with van der Waals surface area (Å²) in [6.45, 7) is 4.97. The van der Waals surface area contributed by atoms with Crippen LogP contribution in [0.25, 0.3) is 5.82 Å². The number of hydrogen-bond donors (Lipinski definition) is 1. The number of ether oxygens (including phenoxy) is 1. The van der Waals surface area contributed by atoms with E-state index < -0.39 is 5.41 Å². The minimum absolute atomic E-state index is 0.0309. The van der Waals surface area contributed by atoms with Gasteiger partial charge in [0.2, 0.25) is 5.91 Å². The maximum absolute atomic E-state index is 12.5. The van der Waals surface area contributed by atoms with E-state index in [1.165, 1.54) is 12.1 Å². The van der Waals surface area contributed by atoms with Crippen LogP contribution in [0.2, 0.25) is 0 Å². The number of nitrogens with zero attached hydrogens (tertiary/aromatic N) is 2. The molecule has 1 aliphatic heterocycles. The molecule has 0 radical (unpaired) electrons. The van der Waals surface area contributed by atoms with E-state index in [2.05, 4.69) is 10.3 Å². The summed E-state index contributed by atoms with van der Waals surface area (Å²) in [6, 6.07) is 6.53. The number of nitrogens with one attached hydrogen (secondary N) is 1. The zero-order chi connectivity index (χ0) is 16.4. The molecule has 1 fully saturated rings. The molecule has 1 saturated heterocycles. The van der Waals surface area contributed by atoms with Crippen molar-refractivity contribution in [3.63, 3.8) is 0 Å². The van der Waals surface area contributed by atoms with Crippen molar-refractivity contribution in [1.29, 1.82) is 0 Å². The van der Waals surface area contributed by atoms with Crippen LogP contribution in [0.4, 0.5) is 5.69 Å². The lowest BCUT2D eigenvalue weighted by Crippen LogP contribution is -2.55. The highest BCUT2D eigenvalue weighted by Crippen LogP contribution is 2.36. The summed E-state index contributed by atoms with van der Waals surface area (Å²) in [6.07, 6.45) is 4.92. The second-order valence-electron chi connectivity index (χ2n) is 6.10. The molecular weight excluding hydrogens is 294 g/mol. The maximum Gasteiger partial charge on any atom is 0.235 e. The minimum Gasteiger partial charge on any atom is -0.379 e. The Morgan fingerprint density at radius 3 is 2.43 bits per heavy atom. The van der Waals surface area contributed by atoms with Crippen LogP contribution in [0.15, 0.2) is 47.7 Å². The van der Waals surface area contributed by atoms with Gasteiger partial charge < -0.3 is 14.6 Å². The van der Waals surface area contributed by atoms with E-state index in [0.717, 1.165) is 0 Å². The number of anilines is 1. The summed E-state index contributed by atoms with van der Waals surface area (Å²) in [5, 5.41) is 2.91. The number of hydrogen-bond acceptors (Lipinski definition) is 4. The molecule has 2 aromatic heterocycles. The largest absolute Gasteiger partial charge is 0.379 e. The smallest absolute Gasteiger partial charge is 0.235 e. The summed E-state index contributed by atoms with van der Waals surface area (Å²) in [5.74, 6) is 0.856. The van der Waals surface area contributed by atoms with Gasteiger partial charge in [-0.1, -0.05) is 13.8 Å². The summed E-state index contributed by atoms with van der Waals surface area (Å²) >= 11 is 0. The van der Waals surface area contributed by atoms with Gasteiger partial charge in [0.15, 0.2) is 5.43 Å². The molecule has 0 aromatic carbocycles. The molecule has 0 atom stereocenters. The number of rotatable bonds is 4. The molecule has 6 heteroatoms. The Hall–Kier alpha value is -2.47. The first-order valence-electron chi connectivity index (χ1n) is 7.55. The number of aromatic nitrogens is 2. The molecule has 1 N–H and O–H groups in total. The van der Waals surface area contributed by atoms with Crippen molar-refractivity contribution in [3.8, 4) is 5.82 Å². The van der Waals surface area contributed by atoms with Gasteiger partial charge in [-0.05, 0) is 18.1 Å². The van der Waals surface area contributed by atoms with Gasteiger partial charge in [-0.15, -0.1) is 0 Å². The van der Waals surface area contributed by atoms with Crippen molar-refractivity contribution in [2.45, 2.75) is 13.8 Å². The first-order chi connectivity index (χ1) is 11.0. The minimum atomic E-state index is -0.447. The number of pyridine rings is 2. The molecule has 6 nitrogen and oxygen atoms in total. The lowest BCUT2D eigenvalue weighted by Gasteiger charge is -2.43. The average Bonchev–Trinajstić information content (AvgIpc) is 2.47. The number of carbonyl (C=O) groups excluding carboxylic acids is 1. The van der Waals surface area contributed by atoms with Crippen molar-refractivity contribution in [2.24, 2.45) is 11.3 Å². The van der Waals surface area contributed by atoms with Gasteiger partial charge in [-0.2, -0.15) is 0 Å². The lowest BCUT2D eigenvalue weighted by molar-refractivity contribution is -0.166. The van der Waals surface area contributed by atoms with Crippen molar-refractivity contribution in [1.82, 2.24) is 9.55 Å². The van der Waals surface area contributed by atoms with E-state index in [1.807, 2.05) is 13.8 Å². The van der Waals surface area contributed by atoms with Crippen LogP contribution in [-0.4, -0.2) is 28.7 Å². The van der Waals surface area contributed by atoms with Gasteiger partial charge in [-0.3, -0.25) is 9.59 Å². The first kappa shape index (κ1) is 15.4. The molecule has 23 heavy (non-hydrogen) atoms. The molecule has 120 valence electrons. The van der Waals surface area contributed by atoms with Gasteiger partial charge in [0.05, 0.1) is 30.5 Å². The monoisotopic (exact) mass is 313 g/mol. The summed E-state index contributed by atoms with van der Waals surface area (Å²) in [4.78, 5) is 27.9. The maximum atomic E-state index is 12.5. The molecule has 1 amide bonds. The van der Waals surface area contributed by atoms with E-state index in [-0.39, 0.29) is 17.3 Å². The molecule has 3 rings (SSSR count). The van der Waals surface area contributed by atoms with Crippen LogP contribution in [-0.2, 0) is 9.53 Å². The van der Waals surface area contributed by atoms with Gasteiger partial charge in [0, 0.05) is 24.5 Å². The van der Waals surface area contributed by atoms with Gasteiger partial charge in [0.25, 0.3) is 0 Å². The van der Waals surface area contributed by atoms with Gasteiger partial charge in [-0.25, -0.2) is 4.98 Å². The molecule has 2 aromatic rings. The predicted octanol–water partition coefficient (Wildman–Crippen LogP) is 1.84. The Bertz CT molecular complexity index is 741. The van der Waals surface area contributed by atoms with E-state index in [0.29, 0.717) is 24.7 Å². The molecule has 0 aliphatic carbocycles. The summed E-state index contributed by atoms with van der Waals surface area (Å²) < 4.78 is 6.98. The topological polar surface area (TPSA) is 73.2 Å². The van der Waals surface area contributed by atoms with Crippen molar-refractivity contribution >= 4 is 11.6 Å². The Labute approximate surface area is 134 Å². The molecule has 0 spiro atoms. The van der Waals surface area contributed by atoms with Crippen molar-refractivity contribution in [2.75, 3.05) is 18.5 Å². The fourth-order valence-corrected chi connectivity index (χ4v) is 2.48. The molecule has 0 bridgehead atoms. The Morgan fingerprint density at radius 1 is 1.26 bits per heavy atom. The third-order valence-electron chi connectivity index (χ3n) is 4.35. The van der Waals surface area contributed by atoms with E-state index in [1.54, 1.807) is 35.3 Å². The number of amides is 1. The fourth-order valence-electron chi connectivity index (χ4n) is 2.48. The van der Waals surface area contributed by atoms with E-state index >= 15 is 0 Å². The standard InChI is InChI=1S/C17H19N3O3/c1-12(2)17(10-23-11-17)16(22)19-13-3-4-15(18-9-13)20-7-5-14(21)6-8-20/h3-9,12H,10-11H2,1-2H3,(H,19,22). The van der Waals surface area contributed by atoms with Gasteiger partial charge >= 0.3 is 0 Å². The van der Waals surface area contributed by atoms with Crippen LogP contribution >= 0.6 is 0 Å².